The molecule has 0 radical (unpaired) electrons. The van der Waals surface area contributed by atoms with Crippen LogP contribution in [-0.2, 0) is 6.54 Å². The smallest absolute Gasteiger partial charge is 0.257 e. The van der Waals surface area contributed by atoms with Crippen molar-refractivity contribution in [1.82, 2.24) is 9.88 Å². The summed E-state index contributed by atoms with van der Waals surface area (Å²) in [5.74, 6) is -0.160. The maximum atomic E-state index is 12.3. The van der Waals surface area contributed by atoms with E-state index in [0.29, 0.717) is 5.56 Å². The summed E-state index contributed by atoms with van der Waals surface area (Å²) in [6.07, 6.45) is 3.21. The molecule has 0 saturated heterocycles. The molecule has 21 heavy (non-hydrogen) atoms. The van der Waals surface area contributed by atoms with E-state index in [9.17, 15) is 4.79 Å². The Morgan fingerprint density at radius 3 is 2.71 bits per heavy atom. The maximum Gasteiger partial charge on any atom is 0.257 e. The lowest BCUT2D eigenvalue weighted by atomic mass is 10.1. The highest BCUT2D eigenvalue weighted by atomic mass is 79.9. The van der Waals surface area contributed by atoms with E-state index in [1.165, 1.54) is 5.56 Å². The summed E-state index contributed by atoms with van der Waals surface area (Å²) in [5.41, 5.74) is 3.63. The number of anilines is 1. The van der Waals surface area contributed by atoms with Crippen molar-refractivity contribution in [3.05, 3.63) is 57.8 Å². The highest BCUT2D eigenvalue weighted by molar-refractivity contribution is 9.10. The van der Waals surface area contributed by atoms with Crippen molar-refractivity contribution in [3.8, 4) is 0 Å². The van der Waals surface area contributed by atoms with Crippen molar-refractivity contribution in [3.63, 3.8) is 0 Å². The van der Waals surface area contributed by atoms with Crippen molar-refractivity contribution in [2.75, 3.05) is 19.4 Å². The number of nitrogens with one attached hydrogen (secondary N) is 1. The number of aromatic nitrogens is 1. The van der Waals surface area contributed by atoms with Gasteiger partial charge >= 0.3 is 0 Å². The summed E-state index contributed by atoms with van der Waals surface area (Å²) >= 11 is 3.32. The number of aryl methyl sites for hydroxylation is 1. The summed E-state index contributed by atoms with van der Waals surface area (Å²) in [6, 6.07) is 7.78. The van der Waals surface area contributed by atoms with E-state index >= 15 is 0 Å². The van der Waals surface area contributed by atoms with Gasteiger partial charge in [0.25, 0.3) is 5.91 Å². The van der Waals surface area contributed by atoms with Gasteiger partial charge in [0.1, 0.15) is 0 Å². The maximum absolute atomic E-state index is 12.3. The van der Waals surface area contributed by atoms with Crippen LogP contribution in [0, 0.1) is 6.92 Å². The second-order valence-electron chi connectivity index (χ2n) is 5.24. The molecule has 0 aliphatic heterocycles. The Bertz CT molecular complexity index is 656. The monoisotopic (exact) mass is 347 g/mol. The van der Waals surface area contributed by atoms with Gasteiger partial charge in [0, 0.05) is 29.1 Å². The first-order valence-electron chi connectivity index (χ1n) is 6.62. The molecule has 2 aromatic rings. The first-order valence-corrected chi connectivity index (χ1v) is 7.41. The van der Waals surface area contributed by atoms with Crippen molar-refractivity contribution in [2.24, 2.45) is 0 Å². The van der Waals surface area contributed by atoms with E-state index in [2.05, 4.69) is 37.2 Å². The molecular formula is C16H18BrN3O. The van der Waals surface area contributed by atoms with Crippen molar-refractivity contribution in [1.29, 1.82) is 0 Å². The summed E-state index contributed by atoms with van der Waals surface area (Å²) in [7, 11) is 4.01. The SMILES string of the molecule is Cc1ccc(NC(=O)c2cncc(Br)c2)c(CN(C)C)c1. The second kappa shape index (κ2) is 6.83. The highest BCUT2D eigenvalue weighted by Crippen LogP contribution is 2.20. The van der Waals surface area contributed by atoms with Gasteiger partial charge in [-0.25, -0.2) is 0 Å². The first-order chi connectivity index (χ1) is 9.95. The lowest BCUT2D eigenvalue weighted by Crippen LogP contribution is -2.17. The number of hydrogen-bond donors (Lipinski definition) is 1. The average Bonchev–Trinajstić information content (AvgIpc) is 2.41. The molecule has 1 heterocycles. The number of benzene rings is 1. The number of carbonyl (C=O) groups is 1. The van der Waals surface area contributed by atoms with E-state index < -0.39 is 0 Å². The number of halogens is 1. The van der Waals surface area contributed by atoms with Crippen LogP contribution in [0.3, 0.4) is 0 Å². The molecular weight excluding hydrogens is 330 g/mol. The lowest BCUT2D eigenvalue weighted by Gasteiger charge is -2.16. The molecule has 0 fully saturated rings. The third kappa shape index (κ3) is 4.37. The minimum atomic E-state index is -0.160. The van der Waals surface area contributed by atoms with Gasteiger partial charge in [-0.05, 0) is 54.6 Å². The van der Waals surface area contributed by atoms with Crippen LogP contribution >= 0.6 is 15.9 Å². The number of rotatable bonds is 4. The predicted octanol–water partition coefficient (Wildman–Crippen LogP) is 3.47. The van der Waals surface area contributed by atoms with E-state index in [1.807, 2.05) is 33.2 Å². The van der Waals surface area contributed by atoms with Crippen LogP contribution in [0.5, 0.6) is 0 Å². The van der Waals surface area contributed by atoms with E-state index in [0.717, 1.165) is 22.3 Å². The molecule has 4 nitrogen and oxygen atoms in total. The molecule has 1 amide bonds. The molecule has 110 valence electrons. The molecule has 5 heteroatoms. The van der Waals surface area contributed by atoms with Crippen LogP contribution in [-0.4, -0.2) is 29.9 Å². The quantitative estimate of drug-likeness (QED) is 0.920. The fraction of sp³-hybridized carbons (Fsp3) is 0.250. The molecule has 0 spiro atoms. The number of pyridine rings is 1. The average molecular weight is 348 g/mol. The fourth-order valence-electron chi connectivity index (χ4n) is 2.05. The van der Waals surface area contributed by atoms with Crippen LogP contribution < -0.4 is 5.32 Å². The molecule has 0 bridgehead atoms. The minimum absolute atomic E-state index is 0.160. The first kappa shape index (κ1) is 15.7. The van der Waals surface area contributed by atoms with E-state index in [4.69, 9.17) is 0 Å². The molecule has 0 atom stereocenters. The van der Waals surface area contributed by atoms with Gasteiger partial charge in [-0.15, -0.1) is 0 Å². The van der Waals surface area contributed by atoms with Crippen molar-refractivity contribution < 1.29 is 4.79 Å². The normalized spacial score (nSPS) is 10.7. The molecule has 0 unspecified atom stereocenters. The van der Waals surface area contributed by atoms with E-state index in [1.54, 1.807) is 18.5 Å². The summed E-state index contributed by atoms with van der Waals surface area (Å²) < 4.78 is 0.785. The third-order valence-electron chi connectivity index (χ3n) is 2.96. The van der Waals surface area contributed by atoms with Crippen molar-refractivity contribution >= 4 is 27.5 Å². The van der Waals surface area contributed by atoms with Crippen LogP contribution in [0.2, 0.25) is 0 Å². The Kier molecular flexibility index (Phi) is 5.09. The standard InChI is InChI=1S/C16H18BrN3O/c1-11-4-5-15(13(6-11)10-20(2)3)19-16(21)12-7-14(17)9-18-8-12/h4-9H,10H2,1-3H3,(H,19,21). The topological polar surface area (TPSA) is 45.2 Å². The Labute approximate surface area is 133 Å². The lowest BCUT2D eigenvalue weighted by molar-refractivity contribution is 0.102. The second-order valence-corrected chi connectivity index (χ2v) is 6.16. The zero-order valence-corrected chi connectivity index (χ0v) is 13.9. The Hall–Kier alpha value is -1.72. The van der Waals surface area contributed by atoms with Gasteiger partial charge in [-0.2, -0.15) is 0 Å². The Balaban J connectivity index is 2.24. The molecule has 0 aliphatic rings. The zero-order valence-electron chi connectivity index (χ0n) is 12.4. The zero-order chi connectivity index (χ0) is 15.4. The summed E-state index contributed by atoms with van der Waals surface area (Å²) in [6.45, 7) is 2.82. The molecule has 2 rings (SSSR count). The molecule has 0 saturated carbocycles. The van der Waals surface area contributed by atoms with Crippen LogP contribution in [0.1, 0.15) is 21.5 Å². The van der Waals surface area contributed by atoms with Gasteiger partial charge in [0.15, 0.2) is 0 Å². The molecule has 1 N–H and O–H groups in total. The predicted molar refractivity (Wildman–Crippen MR) is 88.5 cm³/mol. The van der Waals surface area contributed by atoms with Gasteiger partial charge in [-0.3, -0.25) is 9.78 Å². The summed E-state index contributed by atoms with van der Waals surface area (Å²) in [5, 5.41) is 2.96. The largest absolute Gasteiger partial charge is 0.322 e. The number of hydrogen-bond acceptors (Lipinski definition) is 3. The van der Waals surface area contributed by atoms with Gasteiger partial charge in [-0.1, -0.05) is 17.7 Å². The fourth-order valence-corrected chi connectivity index (χ4v) is 2.41. The van der Waals surface area contributed by atoms with E-state index in [-0.39, 0.29) is 5.91 Å². The number of nitrogens with zero attached hydrogens (tertiary/aromatic N) is 2. The summed E-state index contributed by atoms with van der Waals surface area (Å²) in [4.78, 5) is 18.4. The number of carbonyl (C=O) groups excluding carboxylic acids is 1. The Morgan fingerprint density at radius 1 is 1.29 bits per heavy atom. The minimum Gasteiger partial charge on any atom is -0.322 e. The van der Waals surface area contributed by atoms with Crippen LogP contribution in [0.15, 0.2) is 41.1 Å². The van der Waals surface area contributed by atoms with Gasteiger partial charge in [0.05, 0.1) is 5.56 Å². The molecule has 1 aromatic carbocycles. The van der Waals surface area contributed by atoms with Gasteiger partial charge < -0.3 is 10.2 Å². The van der Waals surface area contributed by atoms with Crippen molar-refractivity contribution in [2.45, 2.75) is 13.5 Å². The molecule has 1 aromatic heterocycles. The van der Waals surface area contributed by atoms with Crippen LogP contribution in [0.25, 0.3) is 0 Å². The number of amides is 1. The van der Waals surface area contributed by atoms with Crippen LogP contribution in [0.4, 0.5) is 5.69 Å². The Morgan fingerprint density at radius 2 is 2.05 bits per heavy atom. The molecule has 0 aliphatic carbocycles. The highest BCUT2D eigenvalue weighted by Gasteiger charge is 2.10. The third-order valence-corrected chi connectivity index (χ3v) is 3.40. The van der Waals surface area contributed by atoms with Gasteiger partial charge in [0.2, 0.25) is 0 Å².